The molecule has 1 aliphatic rings. The topological polar surface area (TPSA) is 94.2 Å². The van der Waals surface area contributed by atoms with Crippen LogP contribution in [0, 0.1) is 0 Å². The molecular formula is C23H30N2O6S. The highest BCUT2D eigenvalue weighted by molar-refractivity contribution is 7.89. The second kappa shape index (κ2) is 11.3. The highest BCUT2D eigenvalue weighted by Crippen LogP contribution is 2.24. The van der Waals surface area contributed by atoms with Crippen LogP contribution in [0.4, 0.5) is 0 Å². The number of hydrogen-bond acceptors (Lipinski definition) is 6. The Morgan fingerprint density at radius 1 is 1.03 bits per heavy atom. The summed E-state index contributed by atoms with van der Waals surface area (Å²) in [6, 6.07) is 12.4. The molecule has 0 unspecified atom stereocenters. The Morgan fingerprint density at radius 3 is 2.41 bits per heavy atom. The average Bonchev–Trinajstić information content (AvgIpc) is 2.83. The smallest absolute Gasteiger partial charge is 0.243 e. The molecule has 2 aromatic rings. The number of hydrogen-bond donors (Lipinski definition) is 1. The molecule has 1 amide bonds. The van der Waals surface area contributed by atoms with Gasteiger partial charge < -0.3 is 19.5 Å². The summed E-state index contributed by atoms with van der Waals surface area (Å²) < 4.78 is 42.6. The van der Waals surface area contributed by atoms with Crippen molar-refractivity contribution in [2.75, 3.05) is 47.1 Å². The van der Waals surface area contributed by atoms with E-state index in [4.69, 9.17) is 14.2 Å². The second-order valence-corrected chi connectivity index (χ2v) is 9.38. The Balaban J connectivity index is 1.46. The van der Waals surface area contributed by atoms with Crippen molar-refractivity contribution in [3.63, 3.8) is 0 Å². The molecule has 0 aliphatic carbocycles. The molecule has 1 fully saturated rings. The highest BCUT2D eigenvalue weighted by atomic mass is 32.2. The molecule has 174 valence electrons. The summed E-state index contributed by atoms with van der Waals surface area (Å²) in [7, 11) is -0.295. The first-order valence-electron chi connectivity index (χ1n) is 10.6. The van der Waals surface area contributed by atoms with Crippen LogP contribution in [0.2, 0.25) is 0 Å². The maximum absolute atomic E-state index is 12.7. The minimum atomic E-state index is -3.50. The summed E-state index contributed by atoms with van der Waals surface area (Å²) in [6.45, 7) is 2.06. The molecule has 9 heteroatoms. The van der Waals surface area contributed by atoms with E-state index in [0.29, 0.717) is 52.1 Å². The lowest BCUT2D eigenvalue weighted by Gasteiger charge is -2.26. The lowest BCUT2D eigenvalue weighted by Crippen LogP contribution is -2.40. The summed E-state index contributed by atoms with van der Waals surface area (Å²) in [4.78, 5) is 12.5. The fourth-order valence-electron chi connectivity index (χ4n) is 3.51. The quantitative estimate of drug-likeness (QED) is 0.581. The van der Waals surface area contributed by atoms with Gasteiger partial charge in [-0.2, -0.15) is 4.31 Å². The fraction of sp³-hybridized carbons (Fsp3) is 0.435. The van der Waals surface area contributed by atoms with E-state index in [1.54, 1.807) is 38.5 Å². The number of methoxy groups -OCH3 is 2. The van der Waals surface area contributed by atoms with Crippen LogP contribution in [0.1, 0.15) is 17.5 Å². The van der Waals surface area contributed by atoms with Gasteiger partial charge in [0.15, 0.2) is 0 Å². The van der Waals surface area contributed by atoms with Gasteiger partial charge in [0.2, 0.25) is 15.9 Å². The van der Waals surface area contributed by atoms with Crippen molar-refractivity contribution in [2.24, 2.45) is 0 Å². The number of aryl methyl sites for hydroxylation is 1. The highest BCUT2D eigenvalue weighted by Gasteiger charge is 2.26. The Bertz CT molecular complexity index is 1000. The van der Waals surface area contributed by atoms with Gasteiger partial charge in [0.05, 0.1) is 32.3 Å². The van der Waals surface area contributed by atoms with Gasteiger partial charge in [-0.05, 0) is 42.2 Å². The SMILES string of the molecule is COc1ccc(CCNC(=O)CCc2ccc(S(=O)(=O)N3CCOCC3)cc2)c(OC)c1. The molecule has 1 aliphatic heterocycles. The number of benzene rings is 2. The van der Waals surface area contributed by atoms with Gasteiger partial charge >= 0.3 is 0 Å². The number of sulfonamides is 1. The van der Waals surface area contributed by atoms with E-state index in [1.165, 1.54) is 4.31 Å². The van der Waals surface area contributed by atoms with E-state index in [9.17, 15) is 13.2 Å². The predicted molar refractivity (Wildman–Crippen MR) is 121 cm³/mol. The Labute approximate surface area is 189 Å². The van der Waals surface area contributed by atoms with Gasteiger partial charge in [-0.15, -0.1) is 0 Å². The van der Waals surface area contributed by atoms with Crippen LogP contribution >= 0.6 is 0 Å². The van der Waals surface area contributed by atoms with Crippen LogP contribution in [0.3, 0.4) is 0 Å². The van der Waals surface area contributed by atoms with E-state index < -0.39 is 10.0 Å². The first kappa shape index (κ1) is 24.0. The molecule has 0 bridgehead atoms. The van der Waals surface area contributed by atoms with Crippen LogP contribution in [-0.2, 0) is 32.4 Å². The largest absolute Gasteiger partial charge is 0.497 e. The number of nitrogens with one attached hydrogen (secondary N) is 1. The zero-order valence-corrected chi connectivity index (χ0v) is 19.3. The zero-order chi connectivity index (χ0) is 23.0. The third-order valence-electron chi connectivity index (χ3n) is 5.38. The van der Waals surface area contributed by atoms with E-state index in [-0.39, 0.29) is 10.8 Å². The Hall–Kier alpha value is -2.62. The van der Waals surface area contributed by atoms with Gasteiger partial charge in [0.1, 0.15) is 11.5 Å². The molecule has 2 aromatic carbocycles. The first-order chi connectivity index (χ1) is 15.4. The number of morpholine rings is 1. The second-order valence-electron chi connectivity index (χ2n) is 7.44. The predicted octanol–water partition coefficient (Wildman–Crippen LogP) is 2.02. The van der Waals surface area contributed by atoms with E-state index in [1.807, 2.05) is 18.2 Å². The monoisotopic (exact) mass is 462 g/mol. The molecule has 32 heavy (non-hydrogen) atoms. The molecule has 1 N–H and O–H groups in total. The number of nitrogens with zero attached hydrogens (tertiary/aromatic N) is 1. The number of amides is 1. The summed E-state index contributed by atoms with van der Waals surface area (Å²) in [6.07, 6.45) is 1.51. The summed E-state index contributed by atoms with van der Waals surface area (Å²) in [5, 5.41) is 2.92. The Morgan fingerprint density at radius 2 is 1.75 bits per heavy atom. The maximum atomic E-state index is 12.7. The molecular weight excluding hydrogens is 432 g/mol. The van der Waals surface area contributed by atoms with Crippen molar-refractivity contribution in [3.05, 3.63) is 53.6 Å². The Kier molecular flexibility index (Phi) is 8.49. The van der Waals surface area contributed by atoms with Crippen molar-refractivity contribution in [2.45, 2.75) is 24.2 Å². The number of carbonyl (C=O) groups excluding carboxylic acids is 1. The standard InChI is InChI=1S/C23H30N2O6S/c1-29-20-7-6-19(22(17-20)30-2)11-12-24-23(26)10-5-18-3-8-21(9-4-18)32(27,28)25-13-15-31-16-14-25/h3-4,6-9,17H,5,10-16H2,1-2H3,(H,24,26). The van der Waals surface area contributed by atoms with Crippen molar-refractivity contribution in [1.29, 1.82) is 0 Å². The van der Waals surface area contributed by atoms with E-state index >= 15 is 0 Å². The minimum Gasteiger partial charge on any atom is -0.497 e. The summed E-state index contributed by atoms with van der Waals surface area (Å²) >= 11 is 0. The molecule has 8 nitrogen and oxygen atoms in total. The van der Waals surface area contributed by atoms with Crippen molar-refractivity contribution in [1.82, 2.24) is 9.62 Å². The minimum absolute atomic E-state index is 0.0532. The lowest BCUT2D eigenvalue weighted by molar-refractivity contribution is -0.121. The van der Waals surface area contributed by atoms with Gasteiger partial charge in [0, 0.05) is 32.1 Å². The van der Waals surface area contributed by atoms with Gasteiger partial charge in [-0.25, -0.2) is 8.42 Å². The van der Waals surface area contributed by atoms with Crippen molar-refractivity contribution in [3.8, 4) is 11.5 Å². The van der Waals surface area contributed by atoms with Crippen molar-refractivity contribution < 1.29 is 27.4 Å². The summed E-state index contributed by atoms with van der Waals surface area (Å²) in [5.74, 6) is 1.40. The van der Waals surface area contributed by atoms with Crippen LogP contribution in [0.5, 0.6) is 11.5 Å². The van der Waals surface area contributed by atoms with Crippen LogP contribution in [-0.4, -0.2) is 65.7 Å². The molecule has 0 radical (unpaired) electrons. The van der Waals surface area contributed by atoms with Crippen LogP contribution in [0.15, 0.2) is 47.4 Å². The van der Waals surface area contributed by atoms with E-state index in [0.717, 1.165) is 22.6 Å². The molecule has 0 saturated carbocycles. The zero-order valence-electron chi connectivity index (χ0n) is 18.5. The van der Waals surface area contributed by atoms with Crippen molar-refractivity contribution >= 4 is 15.9 Å². The first-order valence-corrected chi connectivity index (χ1v) is 12.0. The molecule has 3 rings (SSSR count). The number of rotatable bonds is 10. The fourth-order valence-corrected chi connectivity index (χ4v) is 4.91. The normalized spacial score (nSPS) is 14.7. The molecule has 1 saturated heterocycles. The number of carbonyl (C=O) groups is 1. The third-order valence-corrected chi connectivity index (χ3v) is 7.30. The lowest BCUT2D eigenvalue weighted by atomic mass is 10.1. The maximum Gasteiger partial charge on any atom is 0.243 e. The average molecular weight is 463 g/mol. The van der Waals surface area contributed by atoms with Crippen LogP contribution in [0.25, 0.3) is 0 Å². The van der Waals surface area contributed by atoms with E-state index in [2.05, 4.69) is 5.32 Å². The van der Waals surface area contributed by atoms with Gasteiger partial charge in [-0.1, -0.05) is 18.2 Å². The third kappa shape index (κ3) is 6.21. The van der Waals surface area contributed by atoms with Gasteiger partial charge in [0.25, 0.3) is 0 Å². The van der Waals surface area contributed by atoms with Gasteiger partial charge in [-0.3, -0.25) is 4.79 Å². The molecule has 0 atom stereocenters. The molecule has 0 aromatic heterocycles. The van der Waals surface area contributed by atoms with Crippen LogP contribution < -0.4 is 14.8 Å². The molecule has 0 spiro atoms. The molecule has 1 heterocycles. The summed E-state index contributed by atoms with van der Waals surface area (Å²) in [5.41, 5.74) is 1.91. The number of ether oxygens (including phenoxy) is 3.